The van der Waals surface area contributed by atoms with E-state index in [2.05, 4.69) is 10.3 Å². The van der Waals surface area contributed by atoms with E-state index in [0.29, 0.717) is 39.2 Å². The van der Waals surface area contributed by atoms with Crippen LogP contribution in [0.25, 0.3) is 17.1 Å². The fourth-order valence-corrected chi connectivity index (χ4v) is 6.46. The lowest BCUT2D eigenvalue weighted by atomic mass is 10.1. The minimum atomic E-state index is -4.12. The van der Waals surface area contributed by atoms with Gasteiger partial charge in [0.25, 0.3) is 0 Å². The molecule has 0 radical (unpaired) electrons. The molecule has 0 fully saturated rings. The molecule has 6 rings (SSSR count). The molecule has 2 heterocycles. The highest BCUT2D eigenvalue weighted by atomic mass is 35.5. The number of hydrogen-bond donors (Lipinski definition) is 1. The molecule has 7 nitrogen and oxygen atoms in total. The monoisotopic (exact) mass is 592 g/mol. The van der Waals surface area contributed by atoms with Crippen molar-refractivity contribution in [2.75, 3.05) is 5.32 Å². The van der Waals surface area contributed by atoms with Crippen molar-refractivity contribution >= 4 is 24.9 Å². The van der Waals surface area contributed by atoms with Crippen molar-refractivity contribution in [3.05, 3.63) is 156 Å². The van der Waals surface area contributed by atoms with E-state index in [1.807, 2.05) is 103 Å². The Kier molecular flexibility index (Phi) is 8.04. The fourth-order valence-electron chi connectivity index (χ4n) is 4.41. The van der Waals surface area contributed by atoms with Crippen LogP contribution < -0.4 is 14.4 Å². The molecule has 2 aromatic heterocycles. The molecule has 1 atom stereocenters. The molecule has 0 saturated carbocycles. The van der Waals surface area contributed by atoms with Gasteiger partial charge in [0, 0.05) is 28.7 Å². The van der Waals surface area contributed by atoms with Crippen molar-refractivity contribution in [3.8, 4) is 28.6 Å². The lowest BCUT2D eigenvalue weighted by molar-refractivity contribution is 0.376. The van der Waals surface area contributed by atoms with Crippen LogP contribution in [0, 0.1) is 0 Å². The van der Waals surface area contributed by atoms with E-state index < -0.39 is 13.4 Å². The first-order valence-electron chi connectivity index (χ1n) is 13.2. The Morgan fingerprint density at radius 2 is 1.29 bits per heavy atom. The minimum Gasteiger partial charge on any atom is -0.414 e. The summed E-state index contributed by atoms with van der Waals surface area (Å²) in [7, 11) is -4.12. The molecular formula is C33H26ClN4O3P. The van der Waals surface area contributed by atoms with Crippen LogP contribution in [-0.4, -0.2) is 14.8 Å². The second-order valence-corrected chi connectivity index (χ2v) is 11.7. The van der Waals surface area contributed by atoms with E-state index in [1.54, 1.807) is 47.3 Å². The highest BCUT2D eigenvalue weighted by Crippen LogP contribution is 2.61. The number of benzene rings is 4. The molecule has 0 aliphatic rings. The second kappa shape index (κ2) is 12.4. The smallest absolute Gasteiger partial charge is 0.414 e. The van der Waals surface area contributed by atoms with Gasteiger partial charge >= 0.3 is 7.60 Å². The predicted octanol–water partition coefficient (Wildman–Crippen LogP) is 9.05. The maximum Gasteiger partial charge on any atom is 0.457 e. The number of pyridine rings is 1. The van der Waals surface area contributed by atoms with E-state index in [-0.39, 0.29) is 0 Å². The van der Waals surface area contributed by atoms with E-state index in [0.717, 1.165) is 5.69 Å². The highest BCUT2D eigenvalue weighted by molar-refractivity contribution is 7.55. The first-order valence-corrected chi connectivity index (χ1v) is 15.2. The normalized spacial score (nSPS) is 11.9. The number of halogens is 1. The summed E-state index contributed by atoms with van der Waals surface area (Å²) in [6.45, 7) is 0. The van der Waals surface area contributed by atoms with Crippen LogP contribution in [0.1, 0.15) is 11.3 Å². The van der Waals surface area contributed by atoms with Gasteiger partial charge in [0.15, 0.2) is 5.78 Å². The Hall–Kier alpha value is -4.84. The molecule has 9 heteroatoms. The number of para-hydroxylation sites is 3. The highest BCUT2D eigenvalue weighted by Gasteiger charge is 2.44. The van der Waals surface area contributed by atoms with Gasteiger partial charge in [-0.3, -0.25) is 4.98 Å². The first-order chi connectivity index (χ1) is 20.6. The molecule has 0 bridgehead atoms. The van der Waals surface area contributed by atoms with E-state index >= 15 is 4.57 Å². The Balaban J connectivity index is 1.56. The van der Waals surface area contributed by atoms with Crippen molar-refractivity contribution in [1.29, 1.82) is 0 Å². The maximum atomic E-state index is 15.3. The van der Waals surface area contributed by atoms with Crippen LogP contribution in [0.4, 0.5) is 5.69 Å². The van der Waals surface area contributed by atoms with Gasteiger partial charge < -0.3 is 14.4 Å². The zero-order valence-electron chi connectivity index (χ0n) is 22.3. The van der Waals surface area contributed by atoms with Gasteiger partial charge in [-0.25, -0.2) is 9.25 Å². The summed E-state index contributed by atoms with van der Waals surface area (Å²) in [5.74, 6) is -0.224. The number of nitrogens with one attached hydrogen (secondary N) is 1. The SMILES string of the molecule is O=P(Oc1ccccc1)(Oc1ccccc1)C(Nc1ccc(Cl)cc1)c1cn(-c2ccccc2)nc1-c1ccccn1. The number of nitrogens with zero attached hydrogens (tertiary/aromatic N) is 3. The lowest BCUT2D eigenvalue weighted by Gasteiger charge is -2.29. The minimum absolute atomic E-state index is 0.398. The number of anilines is 1. The van der Waals surface area contributed by atoms with Gasteiger partial charge in [0.1, 0.15) is 17.2 Å². The van der Waals surface area contributed by atoms with E-state index in [1.165, 1.54) is 0 Å². The number of hydrogen-bond acceptors (Lipinski definition) is 6. The van der Waals surface area contributed by atoms with Crippen molar-refractivity contribution in [1.82, 2.24) is 14.8 Å². The standard InChI is InChI=1S/C33H26ClN4O3P/c34-25-19-21-26(22-20-25)36-33(42(39,40-28-14-6-2-7-15-28)41-29-16-8-3-9-17-29)30-24-38(27-12-4-1-5-13-27)37-32(30)31-18-10-11-23-35-31/h1-24,33,36H. The number of rotatable bonds is 10. The van der Waals surface area contributed by atoms with Crippen LogP contribution in [0.5, 0.6) is 11.5 Å². The zero-order chi connectivity index (χ0) is 28.8. The molecule has 6 aromatic rings. The van der Waals surface area contributed by atoms with Crippen LogP contribution >= 0.6 is 19.2 Å². The molecule has 208 valence electrons. The van der Waals surface area contributed by atoms with E-state index in [9.17, 15) is 0 Å². The second-order valence-electron chi connectivity index (χ2n) is 9.33. The van der Waals surface area contributed by atoms with Crippen LogP contribution in [0.2, 0.25) is 5.02 Å². The summed E-state index contributed by atoms with van der Waals surface area (Å²) in [6, 6.07) is 40.4. The Morgan fingerprint density at radius 3 is 1.86 bits per heavy atom. The molecule has 0 aliphatic heterocycles. The molecule has 0 aliphatic carbocycles. The van der Waals surface area contributed by atoms with Crippen molar-refractivity contribution < 1.29 is 13.6 Å². The van der Waals surface area contributed by atoms with Gasteiger partial charge in [-0.15, -0.1) is 0 Å². The van der Waals surface area contributed by atoms with Crippen LogP contribution in [-0.2, 0) is 4.57 Å². The fraction of sp³-hybridized carbons (Fsp3) is 0.0303. The van der Waals surface area contributed by atoms with Crippen molar-refractivity contribution in [2.24, 2.45) is 0 Å². The summed E-state index contributed by atoms with van der Waals surface area (Å²) in [5, 5.41) is 8.92. The van der Waals surface area contributed by atoms with E-state index in [4.69, 9.17) is 25.7 Å². The molecule has 4 aromatic carbocycles. The van der Waals surface area contributed by atoms with Crippen LogP contribution in [0.15, 0.2) is 146 Å². The Morgan fingerprint density at radius 1 is 0.714 bits per heavy atom. The lowest BCUT2D eigenvalue weighted by Crippen LogP contribution is -2.18. The molecular weight excluding hydrogens is 567 g/mol. The van der Waals surface area contributed by atoms with Gasteiger partial charge in [-0.1, -0.05) is 72.3 Å². The predicted molar refractivity (Wildman–Crippen MR) is 166 cm³/mol. The Bertz CT molecular complexity index is 1740. The maximum absolute atomic E-state index is 15.3. The first kappa shape index (κ1) is 27.3. The number of aromatic nitrogens is 3. The van der Waals surface area contributed by atoms with Gasteiger partial charge in [-0.2, -0.15) is 5.10 Å². The summed E-state index contributed by atoms with van der Waals surface area (Å²) in [4.78, 5) is 4.58. The molecule has 0 saturated heterocycles. The topological polar surface area (TPSA) is 78.3 Å². The Labute approximate surface area is 248 Å². The third kappa shape index (κ3) is 6.23. The molecule has 42 heavy (non-hydrogen) atoms. The zero-order valence-corrected chi connectivity index (χ0v) is 24.0. The van der Waals surface area contributed by atoms with Gasteiger partial charge in [0.05, 0.1) is 11.4 Å². The van der Waals surface area contributed by atoms with Crippen LogP contribution in [0.3, 0.4) is 0 Å². The molecule has 1 N–H and O–H groups in total. The summed E-state index contributed by atoms with van der Waals surface area (Å²) in [5.41, 5.74) is 3.20. The third-order valence-corrected chi connectivity index (χ3v) is 8.60. The summed E-state index contributed by atoms with van der Waals surface area (Å²) < 4.78 is 29.6. The third-order valence-electron chi connectivity index (χ3n) is 6.38. The van der Waals surface area contributed by atoms with Gasteiger partial charge in [-0.05, 0) is 72.8 Å². The summed E-state index contributed by atoms with van der Waals surface area (Å²) in [6.07, 6.45) is 3.53. The molecule has 0 amide bonds. The molecule has 1 unspecified atom stereocenters. The van der Waals surface area contributed by atoms with Crippen molar-refractivity contribution in [3.63, 3.8) is 0 Å². The molecule has 0 spiro atoms. The average molecular weight is 593 g/mol. The average Bonchev–Trinajstić information content (AvgIpc) is 3.47. The van der Waals surface area contributed by atoms with Gasteiger partial charge in [0.2, 0.25) is 0 Å². The largest absolute Gasteiger partial charge is 0.457 e. The summed E-state index contributed by atoms with van der Waals surface area (Å²) >= 11 is 6.19. The quantitative estimate of drug-likeness (QED) is 0.160. The van der Waals surface area contributed by atoms with Crippen molar-refractivity contribution in [2.45, 2.75) is 5.78 Å².